The fourth-order valence-electron chi connectivity index (χ4n) is 11.3. The van der Waals surface area contributed by atoms with E-state index in [0.29, 0.717) is 17.5 Å². The minimum Gasteiger partial charge on any atom is -0.456 e. The Kier molecular flexibility index (Phi) is 10.4. The molecular formula is C70H45N3O. The van der Waals surface area contributed by atoms with Gasteiger partial charge in [-0.2, -0.15) is 0 Å². The molecule has 11 aromatic carbocycles. The lowest BCUT2D eigenvalue weighted by molar-refractivity contribution is 0.669. The van der Waals surface area contributed by atoms with Crippen LogP contribution in [0.5, 0.6) is 0 Å². The van der Waals surface area contributed by atoms with E-state index < -0.39 is 5.41 Å². The smallest absolute Gasteiger partial charge is 0.164 e. The summed E-state index contributed by atoms with van der Waals surface area (Å²) in [7, 11) is 0. The maximum Gasteiger partial charge on any atom is 0.164 e. The number of fused-ring (bicyclic) bond motifs is 6. The second-order valence-electron chi connectivity index (χ2n) is 19.1. The van der Waals surface area contributed by atoms with Crippen LogP contribution in [0.4, 0.5) is 0 Å². The zero-order valence-electron chi connectivity index (χ0n) is 40.2. The van der Waals surface area contributed by atoms with Crippen LogP contribution in [0, 0.1) is 0 Å². The molecule has 0 amide bonds. The average Bonchev–Trinajstić information content (AvgIpc) is 4.01. The van der Waals surface area contributed by atoms with Crippen molar-refractivity contribution in [3.8, 4) is 89.8 Å². The Morgan fingerprint density at radius 1 is 0.257 bits per heavy atom. The van der Waals surface area contributed by atoms with Crippen molar-refractivity contribution in [3.05, 3.63) is 295 Å². The van der Waals surface area contributed by atoms with E-state index >= 15 is 0 Å². The highest BCUT2D eigenvalue weighted by Gasteiger charge is 2.46. The lowest BCUT2D eigenvalue weighted by atomic mass is 9.67. The Labute approximate surface area is 429 Å². The Hall–Kier alpha value is -9.77. The molecule has 0 atom stereocenters. The molecule has 4 heteroatoms. The molecule has 1 aliphatic rings. The number of hydrogen-bond donors (Lipinski definition) is 0. The lowest BCUT2D eigenvalue weighted by Crippen LogP contribution is -2.28. The Bertz CT molecular complexity index is 4050. The molecule has 0 fully saturated rings. The van der Waals surface area contributed by atoms with E-state index in [-0.39, 0.29) is 0 Å². The van der Waals surface area contributed by atoms with Crippen LogP contribution in [0.3, 0.4) is 0 Å². The summed E-state index contributed by atoms with van der Waals surface area (Å²) in [5.74, 6) is 1.77. The number of furan rings is 1. The Morgan fingerprint density at radius 2 is 0.662 bits per heavy atom. The maximum atomic E-state index is 6.59. The van der Waals surface area contributed by atoms with Crippen LogP contribution in [0.1, 0.15) is 22.3 Å². The quantitative estimate of drug-likeness (QED) is 0.145. The van der Waals surface area contributed by atoms with Gasteiger partial charge in [-0.1, -0.05) is 249 Å². The molecular weight excluding hydrogens is 899 g/mol. The summed E-state index contributed by atoms with van der Waals surface area (Å²) in [5, 5.41) is 1.96. The number of rotatable bonds is 9. The first-order valence-corrected chi connectivity index (χ1v) is 25.2. The van der Waals surface area contributed by atoms with Crippen LogP contribution in [-0.2, 0) is 5.41 Å². The number of nitrogens with zero attached hydrogens (tertiary/aromatic N) is 3. The van der Waals surface area contributed by atoms with Gasteiger partial charge in [-0.15, -0.1) is 0 Å². The average molecular weight is 944 g/mol. The molecule has 0 saturated heterocycles. The molecule has 346 valence electrons. The van der Waals surface area contributed by atoms with Gasteiger partial charge in [0.05, 0.1) is 5.41 Å². The molecule has 0 N–H and O–H groups in total. The monoisotopic (exact) mass is 943 g/mol. The van der Waals surface area contributed by atoms with Crippen LogP contribution in [0.15, 0.2) is 277 Å². The first kappa shape index (κ1) is 43.1. The summed E-state index contributed by atoms with van der Waals surface area (Å²) in [5.41, 5.74) is 20.6. The second kappa shape index (κ2) is 17.8. The van der Waals surface area contributed by atoms with Gasteiger partial charge in [0.25, 0.3) is 0 Å². The minimum atomic E-state index is -0.460. The van der Waals surface area contributed by atoms with Crippen LogP contribution >= 0.6 is 0 Å². The van der Waals surface area contributed by atoms with Crippen molar-refractivity contribution in [1.82, 2.24) is 15.0 Å². The molecule has 0 saturated carbocycles. The standard InChI is InChI=1S/C70H45N3O/c1-5-16-46(17-6-1)48-32-36-52(37-33-48)67-71-68(53-38-34-49(35-39-53)47-18-7-2-8-19-47)73-69(72-67)60-25-15-27-65-66(60)61-44-54(41-43-64(61)74-65)50-28-30-51(31-29-50)55-40-42-59-58-24-13-14-26-62(58)70(63(59)45-55,56-20-9-3-10-21-56)57-22-11-4-12-23-57/h1-45H. The second-order valence-corrected chi connectivity index (χ2v) is 19.1. The van der Waals surface area contributed by atoms with Gasteiger partial charge in [0.15, 0.2) is 17.5 Å². The predicted octanol–water partition coefficient (Wildman–Crippen LogP) is 17.8. The number of hydrogen-bond acceptors (Lipinski definition) is 4. The first-order chi connectivity index (χ1) is 36.7. The SMILES string of the molecule is c1ccc(-c2ccc(-c3nc(-c4ccc(-c5ccccc5)cc4)nc(-c4cccc5oc6ccc(-c7ccc(-c8ccc9c(c8)C(c8ccccc8)(c8ccccc8)c8ccccc8-9)cc7)cc6c45)n3)cc2)cc1. The summed E-state index contributed by atoms with van der Waals surface area (Å²) in [6.07, 6.45) is 0. The molecule has 1 aliphatic carbocycles. The van der Waals surface area contributed by atoms with Gasteiger partial charge in [0.1, 0.15) is 11.2 Å². The predicted molar refractivity (Wildman–Crippen MR) is 302 cm³/mol. The Morgan fingerprint density at radius 3 is 1.23 bits per heavy atom. The third-order valence-electron chi connectivity index (χ3n) is 14.9. The molecule has 13 aromatic rings. The normalized spacial score (nSPS) is 12.4. The van der Waals surface area contributed by atoms with Crippen LogP contribution in [0.2, 0.25) is 0 Å². The molecule has 0 unspecified atom stereocenters. The van der Waals surface area contributed by atoms with Gasteiger partial charge in [0, 0.05) is 27.5 Å². The van der Waals surface area contributed by atoms with Gasteiger partial charge in [-0.25, -0.2) is 15.0 Å². The maximum absolute atomic E-state index is 6.59. The summed E-state index contributed by atoms with van der Waals surface area (Å²) in [4.78, 5) is 15.6. The van der Waals surface area contributed by atoms with E-state index in [1.165, 1.54) is 38.9 Å². The van der Waals surface area contributed by atoms with Crippen molar-refractivity contribution in [3.63, 3.8) is 0 Å². The summed E-state index contributed by atoms with van der Waals surface area (Å²) in [6.45, 7) is 0. The van der Waals surface area contributed by atoms with E-state index in [2.05, 4.69) is 249 Å². The molecule has 0 radical (unpaired) electrons. The molecule has 0 bridgehead atoms. The minimum absolute atomic E-state index is 0.460. The fourth-order valence-corrected chi connectivity index (χ4v) is 11.3. The molecule has 0 aliphatic heterocycles. The zero-order valence-corrected chi connectivity index (χ0v) is 40.2. The molecule has 14 rings (SSSR count). The Balaban J connectivity index is 0.851. The first-order valence-electron chi connectivity index (χ1n) is 25.2. The van der Waals surface area contributed by atoms with E-state index in [1.807, 2.05) is 24.3 Å². The number of benzene rings is 11. The van der Waals surface area contributed by atoms with Gasteiger partial charge in [0.2, 0.25) is 0 Å². The van der Waals surface area contributed by atoms with Crippen molar-refractivity contribution in [2.45, 2.75) is 5.41 Å². The van der Waals surface area contributed by atoms with Gasteiger partial charge in [-0.05, 0) is 102 Å². The molecule has 2 heterocycles. The fraction of sp³-hybridized carbons (Fsp3) is 0.0143. The van der Waals surface area contributed by atoms with Crippen molar-refractivity contribution < 1.29 is 4.42 Å². The van der Waals surface area contributed by atoms with Crippen LogP contribution < -0.4 is 0 Å². The lowest BCUT2D eigenvalue weighted by Gasteiger charge is -2.34. The van der Waals surface area contributed by atoms with E-state index in [1.54, 1.807) is 0 Å². The van der Waals surface area contributed by atoms with Crippen LogP contribution in [0.25, 0.3) is 112 Å². The summed E-state index contributed by atoms with van der Waals surface area (Å²) in [6, 6.07) is 97.2. The van der Waals surface area contributed by atoms with Gasteiger partial charge in [-0.3, -0.25) is 0 Å². The van der Waals surface area contributed by atoms with Crippen molar-refractivity contribution in [2.75, 3.05) is 0 Å². The highest BCUT2D eigenvalue weighted by molar-refractivity contribution is 6.13. The van der Waals surface area contributed by atoms with Gasteiger partial charge < -0.3 is 4.42 Å². The van der Waals surface area contributed by atoms with E-state index in [4.69, 9.17) is 19.4 Å². The molecule has 2 aromatic heterocycles. The van der Waals surface area contributed by atoms with E-state index in [0.717, 1.165) is 77.6 Å². The number of aromatic nitrogens is 3. The largest absolute Gasteiger partial charge is 0.456 e. The van der Waals surface area contributed by atoms with Gasteiger partial charge >= 0.3 is 0 Å². The topological polar surface area (TPSA) is 51.8 Å². The highest BCUT2D eigenvalue weighted by atomic mass is 16.3. The van der Waals surface area contributed by atoms with E-state index in [9.17, 15) is 0 Å². The third-order valence-corrected chi connectivity index (χ3v) is 14.9. The third kappa shape index (κ3) is 7.26. The summed E-state index contributed by atoms with van der Waals surface area (Å²) < 4.78 is 6.59. The zero-order chi connectivity index (χ0) is 49.0. The molecule has 4 nitrogen and oxygen atoms in total. The molecule has 74 heavy (non-hydrogen) atoms. The highest BCUT2D eigenvalue weighted by Crippen LogP contribution is 2.56. The molecule has 0 spiro atoms. The van der Waals surface area contributed by atoms with Crippen molar-refractivity contribution in [2.24, 2.45) is 0 Å². The van der Waals surface area contributed by atoms with Crippen LogP contribution in [-0.4, -0.2) is 15.0 Å². The summed E-state index contributed by atoms with van der Waals surface area (Å²) >= 11 is 0. The van der Waals surface area contributed by atoms with Crippen molar-refractivity contribution in [1.29, 1.82) is 0 Å². The van der Waals surface area contributed by atoms with Crippen molar-refractivity contribution >= 4 is 21.9 Å².